The van der Waals surface area contributed by atoms with Gasteiger partial charge < -0.3 is 5.32 Å². The minimum Gasteiger partial charge on any atom is -0.321 e. The molecule has 0 saturated heterocycles. The third kappa shape index (κ3) is 3.73. The Morgan fingerprint density at radius 3 is 2.42 bits per heavy atom. The molecular formula is C18H14FN3O2. The van der Waals surface area contributed by atoms with E-state index in [9.17, 15) is 14.0 Å². The van der Waals surface area contributed by atoms with E-state index in [0.717, 1.165) is 0 Å². The van der Waals surface area contributed by atoms with E-state index in [4.69, 9.17) is 0 Å². The van der Waals surface area contributed by atoms with Crippen molar-refractivity contribution in [3.8, 4) is 0 Å². The van der Waals surface area contributed by atoms with Crippen LogP contribution in [0.5, 0.6) is 0 Å². The number of rotatable bonds is 4. The first kappa shape index (κ1) is 15.6. The molecule has 6 heteroatoms. The number of nitrogens with zero attached hydrogens (tertiary/aromatic N) is 2. The van der Waals surface area contributed by atoms with Crippen LogP contribution in [0.3, 0.4) is 0 Å². The zero-order valence-corrected chi connectivity index (χ0v) is 12.6. The minimum absolute atomic E-state index is 0.126. The van der Waals surface area contributed by atoms with Crippen LogP contribution < -0.4 is 10.9 Å². The highest BCUT2D eigenvalue weighted by atomic mass is 19.1. The highest BCUT2D eigenvalue weighted by Crippen LogP contribution is 2.07. The van der Waals surface area contributed by atoms with Crippen molar-refractivity contribution in [3.05, 3.63) is 94.2 Å². The van der Waals surface area contributed by atoms with Gasteiger partial charge in [-0.1, -0.05) is 30.3 Å². The Bertz CT molecular complexity index is 906. The lowest BCUT2D eigenvalue weighted by Crippen LogP contribution is -2.26. The fraction of sp³-hybridized carbons (Fsp3) is 0.0556. The molecule has 0 aliphatic heterocycles. The molecular weight excluding hydrogens is 309 g/mol. The summed E-state index contributed by atoms with van der Waals surface area (Å²) in [4.78, 5) is 24.2. The van der Waals surface area contributed by atoms with E-state index in [2.05, 4.69) is 10.4 Å². The van der Waals surface area contributed by atoms with Gasteiger partial charge in [0.1, 0.15) is 11.5 Å². The van der Waals surface area contributed by atoms with Crippen LogP contribution in [0.2, 0.25) is 0 Å². The van der Waals surface area contributed by atoms with Crippen LogP contribution in [0.25, 0.3) is 0 Å². The van der Waals surface area contributed by atoms with E-state index in [0.29, 0.717) is 11.3 Å². The second-order valence-electron chi connectivity index (χ2n) is 5.16. The summed E-state index contributed by atoms with van der Waals surface area (Å²) in [6, 6.07) is 17.4. The molecule has 1 aromatic heterocycles. The van der Waals surface area contributed by atoms with E-state index < -0.39 is 5.91 Å². The lowest BCUT2D eigenvalue weighted by Gasteiger charge is -2.08. The Labute approximate surface area is 137 Å². The lowest BCUT2D eigenvalue weighted by atomic mass is 10.2. The molecule has 0 aliphatic rings. The summed E-state index contributed by atoms with van der Waals surface area (Å²) in [7, 11) is 0. The van der Waals surface area contributed by atoms with Gasteiger partial charge in [0.2, 0.25) is 0 Å². The van der Waals surface area contributed by atoms with Gasteiger partial charge in [-0.25, -0.2) is 9.07 Å². The molecule has 0 bridgehead atoms. The number of hydrogen-bond acceptors (Lipinski definition) is 3. The van der Waals surface area contributed by atoms with Gasteiger partial charge in [-0.05, 0) is 35.9 Å². The van der Waals surface area contributed by atoms with Crippen molar-refractivity contribution in [1.29, 1.82) is 0 Å². The minimum atomic E-state index is -0.408. The number of anilines is 1. The monoisotopic (exact) mass is 323 g/mol. The van der Waals surface area contributed by atoms with Gasteiger partial charge in [0.25, 0.3) is 11.5 Å². The number of halogens is 1. The van der Waals surface area contributed by atoms with E-state index >= 15 is 0 Å². The molecule has 0 atom stereocenters. The molecule has 3 rings (SSSR count). The van der Waals surface area contributed by atoms with Gasteiger partial charge in [0.05, 0.1) is 6.54 Å². The molecule has 1 amide bonds. The molecule has 0 aliphatic carbocycles. The van der Waals surface area contributed by atoms with E-state index in [1.165, 1.54) is 28.9 Å². The maximum atomic E-state index is 12.9. The first-order chi connectivity index (χ1) is 11.6. The summed E-state index contributed by atoms with van der Waals surface area (Å²) < 4.78 is 14.1. The Hall–Kier alpha value is -3.28. The van der Waals surface area contributed by atoms with Crippen molar-refractivity contribution in [2.24, 2.45) is 0 Å². The fourth-order valence-electron chi connectivity index (χ4n) is 2.16. The summed E-state index contributed by atoms with van der Waals surface area (Å²) in [5, 5.41) is 6.79. The quantitative estimate of drug-likeness (QED) is 0.803. The Kier molecular flexibility index (Phi) is 4.47. The number of nitrogens with one attached hydrogen (secondary N) is 1. The van der Waals surface area contributed by atoms with Crippen molar-refractivity contribution in [1.82, 2.24) is 9.78 Å². The smallest absolute Gasteiger partial charge is 0.276 e. The molecule has 1 heterocycles. The lowest BCUT2D eigenvalue weighted by molar-refractivity contribution is 0.102. The van der Waals surface area contributed by atoms with Crippen LogP contribution in [-0.4, -0.2) is 15.7 Å². The number of amides is 1. The van der Waals surface area contributed by atoms with Crippen molar-refractivity contribution >= 4 is 11.6 Å². The molecule has 0 spiro atoms. The number of carbonyl (C=O) groups excluding carboxylic acids is 1. The Balaban J connectivity index is 1.81. The van der Waals surface area contributed by atoms with Gasteiger partial charge in [0.15, 0.2) is 0 Å². The number of para-hydroxylation sites is 1. The molecule has 0 radical (unpaired) electrons. The first-order valence-corrected chi connectivity index (χ1v) is 7.31. The number of aromatic nitrogens is 2. The van der Waals surface area contributed by atoms with Crippen LogP contribution in [0.4, 0.5) is 10.1 Å². The number of carbonyl (C=O) groups is 1. The highest BCUT2D eigenvalue weighted by Gasteiger charge is 2.10. The molecule has 120 valence electrons. The van der Waals surface area contributed by atoms with E-state index in [-0.39, 0.29) is 23.6 Å². The van der Waals surface area contributed by atoms with Crippen molar-refractivity contribution < 1.29 is 9.18 Å². The zero-order chi connectivity index (χ0) is 16.9. The molecule has 0 unspecified atom stereocenters. The topological polar surface area (TPSA) is 64.0 Å². The van der Waals surface area contributed by atoms with Crippen LogP contribution in [0.1, 0.15) is 16.1 Å². The largest absolute Gasteiger partial charge is 0.321 e. The zero-order valence-electron chi connectivity index (χ0n) is 12.6. The van der Waals surface area contributed by atoms with Crippen LogP contribution >= 0.6 is 0 Å². The van der Waals surface area contributed by atoms with Gasteiger partial charge in [-0.2, -0.15) is 5.10 Å². The summed E-state index contributed by atoms with van der Waals surface area (Å²) >= 11 is 0. The van der Waals surface area contributed by atoms with Crippen molar-refractivity contribution in [2.45, 2.75) is 6.54 Å². The van der Waals surface area contributed by atoms with E-state index in [1.54, 1.807) is 36.4 Å². The molecule has 2 aromatic carbocycles. The molecule has 3 aromatic rings. The second-order valence-corrected chi connectivity index (χ2v) is 5.16. The Morgan fingerprint density at radius 1 is 1.00 bits per heavy atom. The maximum absolute atomic E-state index is 12.9. The second kappa shape index (κ2) is 6.87. The molecule has 24 heavy (non-hydrogen) atoms. The van der Waals surface area contributed by atoms with Crippen molar-refractivity contribution in [2.75, 3.05) is 5.32 Å². The molecule has 1 N–H and O–H groups in total. The van der Waals surface area contributed by atoms with Gasteiger partial charge in [-0.15, -0.1) is 0 Å². The van der Waals surface area contributed by atoms with Gasteiger partial charge in [0, 0.05) is 11.8 Å². The molecule has 0 saturated carbocycles. The molecule has 5 nitrogen and oxygen atoms in total. The van der Waals surface area contributed by atoms with Crippen molar-refractivity contribution in [3.63, 3.8) is 0 Å². The standard InChI is InChI=1S/C18H14FN3O2/c19-14-8-6-13(7-9-14)12-22-17(23)11-10-16(21-22)18(24)20-15-4-2-1-3-5-15/h1-11H,12H2,(H,20,24). The maximum Gasteiger partial charge on any atom is 0.276 e. The highest BCUT2D eigenvalue weighted by molar-refractivity contribution is 6.02. The number of benzene rings is 2. The summed E-state index contributed by atoms with van der Waals surface area (Å²) in [6.45, 7) is 0.158. The van der Waals surface area contributed by atoms with Gasteiger partial charge in [-0.3, -0.25) is 9.59 Å². The summed E-state index contributed by atoms with van der Waals surface area (Å²) in [6.07, 6.45) is 0. The number of hydrogen-bond donors (Lipinski definition) is 1. The SMILES string of the molecule is O=C(Nc1ccccc1)c1ccc(=O)n(Cc2ccc(F)cc2)n1. The average Bonchev–Trinajstić information content (AvgIpc) is 2.59. The average molecular weight is 323 g/mol. The summed E-state index contributed by atoms with van der Waals surface area (Å²) in [5.74, 6) is -0.760. The third-order valence-electron chi connectivity index (χ3n) is 3.38. The predicted molar refractivity (Wildman–Crippen MR) is 88.4 cm³/mol. The van der Waals surface area contributed by atoms with Crippen LogP contribution in [0, 0.1) is 5.82 Å². The normalized spacial score (nSPS) is 10.4. The van der Waals surface area contributed by atoms with E-state index in [1.807, 2.05) is 6.07 Å². The fourth-order valence-corrected chi connectivity index (χ4v) is 2.16. The molecule has 0 fully saturated rings. The first-order valence-electron chi connectivity index (χ1n) is 7.31. The summed E-state index contributed by atoms with van der Waals surface area (Å²) in [5.41, 5.74) is 1.14. The predicted octanol–water partition coefficient (Wildman–Crippen LogP) is 2.68. The van der Waals surface area contributed by atoms with Crippen LogP contribution in [0.15, 0.2) is 71.5 Å². The Morgan fingerprint density at radius 2 is 1.71 bits per heavy atom. The van der Waals surface area contributed by atoms with Gasteiger partial charge >= 0.3 is 0 Å². The van der Waals surface area contributed by atoms with Crippen LogP contribution in [-0.2, 0) is 6.54 Å². The third-order valence-corrected chi connectivity index (χ3v) is 3.38.